The Kier molecular flexibility index (Phi) is 1.02. The normalized spacial score (nSPS) is 45.0. The van der Waals surface area contributed by atoms with E-state index in [-0.39, 0.29) is 0 Å². The largest absolute Gasteiger partial charge is 0.311 e. The van der Waals surface area contributed by atoms with Gasteiger partial charge in [-0.25, -0.2) is 5.32 Å². The van der Waals surface area contributed by atoms with E-state index >= 15 is 0 Å². The molecule has 3 fully saturated rings. The maximum absolute atomic E-state index is 4.44. The predicted octanol–water partition coefficient (Wildman–Crippen LogP) is -0.275. The molecule has 3 aliphatic rings. The molecule has 2 nitrogen and oxygen atoms in total. The van der Waals surface area contributed by atoms with Crippen molar-refractivity contribution in [2.45, 2.75) is 24.9 Å². The van der Waals surface area contributed by atoms with Crippen molar-refractivity contribution in [1.82, 2.24) is 10.6 Å². The molecule has 3 rings (SSSR count). The standard InChI is InChI=1S/C6H11N2/c1-2-6-4-7-5(1)3-8-6/h5-7H,1-4H2. The topological polar surface area (TPSA) is 26.1 Å². The van der Waals surface area contributed by atoms with Crippen LogP contribution in [0.2, 0.25) is 0 Å². The van der Waals surface area contributed by atoms with Gasteiger partial charge >= 0.3 is 0 Å². The predicted molar refractivity (Wildman–Crippen MR) is 31.8 cm³/mol. The van der Waals surface area contributed by atoms with Crippen molar-refractivity contribution in [3.05, 3.63) is 0 Å². The molecule has 3 saturated heterocycles. The van der Waals surface area contributed by atoms with Crippen molar-refractivity contribution in [2.75, 3.05) is 13.1 Å². The van der Waals surface area contributed by atoms with Gasteiger partial charge in [0.2, 0.25) is 0 Å². The highest BCUT2D eigenvalue weighted by Crippen LogP contribution is 2.13. The molecule has 0 aliphatic carbocycles. The van der Waals surface area contributed by atoms with Gasteiger partial charge in [-0.05, 0) is 12.8 Å². The number of fused-ring (bicyclic) bond motifs is 3. The molecule has 2 bridgehead atoms. The fraction of sp³-hybridized carbons (Fsp3) is 1.00. The fourth-order valence-electron chi connectivity index (χ4n) is 1.49. The summed E-state index contributed by atoms with van der Waals surface area (Å²) in [7, 11) is 0. The summed E-state index contributed by atoms with van der Waals surface area (Å²) in [5, 5.41) is 7.86. The van der Waals surface area contributed by atoms with E-state index in [4.69, 9.17) is 0 Å². The smallest absolute Gasteiger partial charge is 0.0372 e. The molecule has 0 amide bonds. The average molecular weight is 111 g/mol. The molecule has 1 radical (unpaired) electrons. The first-order chi connectivity index (χ1) is 3.95. The second-order valence-corrected chi connectivity index (χ2v) is 2.70. The Bertz CT molecular complexity index is 61.5. The minimum Gasteiger partial charge on any atom is -0.311 e. The third-order valence-electron chi connectivity index (χ3n) is 2.07. The number of hydrogen-bond donors (Lipinski definition) is 1. The molecule has 0 aromatic rings. The van der Waals surface area contributed by atoms with Crippen LogP contribution in [0.1, 0.15) is 12.8 Å². The minimum atomic E-state index is 0.667. The third-order valence-corrected chi connectivity index (χ3v) is 2.07. The maximum atomic E-state index is 4.44. The summed E-state index contributed by atoms with van der Waals surface area (Å²) in [6.07, 6.45) is 2.69. The number of piperazine rings is 1. The molecular formula is C6H11N2. The van der Waals surface area contributed by atoms with E-state index in [1.165, 1.54) is 12.8 Å². The Balaban J connectivity index is 2.03. The number of nitrogens with zero attached hydrogens (tertiary/aromatic N) is 1. The van der Waals surface area contributed by atoms with Crippen LogP contribution in [-0.4, -0.2) is 25.2 Å². The lowest BCUT2D eigenvalue weighted by molar-refractivity contribution is 0.245. The highest BCUT2D eigenvalue weighted by Gasteiger charge is 2.26. The molecule has 2 heteroatoms. The fourth-order valence-corrected chi connectivity index (χ4v) is 1.49. The van der Waals surface area contributed by atoms with Crippen LogP contribution in [0.3, 0.4) is 0 Å². The van der Waals surface area contributed by atoms with Gasteiger partial charge in [-0.2, -0.15) is 0 Å². The molecule has 0 aromatic carbocycles. The quantitative estimate of drug-likeness (QED) is 0.457. The summed E-state index contributed by atoms with van der Waals surface area (Å²) in [4.78, 5) is 0. The summed E-state index contributed by atoms with van der Waals surface area (Å²) >= 11 is 0. The van der Waals surface area contributed by atoms with Crippen molar-refractivity contribution >= 4 is 0 Å². The first-order valence-corrected chi connectivity index (χ1v) is 3.35. The molecule has 2 atom stereocenters. The van der Waals surface area contributed by atoms with E-state index in [0.717, 1.165) is 19.1 Å². The lowest BCUT2D eigenvalue weighted by atomic mass is 9.96. The lowest BCUT2D eigenvalue weighted by Gasteiger charge is -2.36. The second kappa shape index (κ2) is 1.71. The molecular weight excluding hydrogens is 100 g/mol. The number of piperidine rings is 2. The van der Waals surface area contributed by atoms with E-state index in [0.29, 0.717) is 6.04 Å². The van der Waals surface area contributed by atoms with E-state index in [2.05, 4.69) is 10.6 Å². The zero-order valence-corrected chi connectivity index (χ0v) is 4.93. The maximum Gasteiger partial charge on any atom is 0.0372 e. The molecule has 3 heterocycles. The lowest BCUT2D eigenvalue weighted by Crippen LogP contribution is -2.55. The van der Waals surface area contributed by atoms with Crippen LogP contribution in [0.15, 0.2) is 0 Å². The van der Waals surface area contributed by atoms with Crippen LogP contribution in [0, 0.1) is 0 Å². The molecule has 0 saturated carbocycles. The van der Waals surface area contributed by atoms with Gasteiger partial charge in [0.25, 0.3) is 0 Å². The van der Waals surface area contributed by atoms with Gasteiger partial charge in [0.1, 0.15) is 0 Å². The Morgan fingerprint density at radius 2 is 2.38 bits per heavy atom. The van der Waals surface area contributed by atoms with Gasteiger partial charge in [0.15, 0.2) is 0 Å². The van der Waals surface area contributed by atoms with Gasteiger partial charge in [0, 0.05) is 25.2 Å². The van der Waals surface area contributed by atoms with Crippen LogP contribution in [0.4, 0.5) is 0 Å². The van der Waals surface area contributed by atoms with Crippen molar-refractivity contribution in [1.29, 1.82) is 0 Å². The summed E-state index contributed by atoms with van der Waals surface area (Å²) in [5.74, 6) is 0. The Morgan fingerprint density at radius 1 is 1.38 bits per heavy atom. The zero-order chi connectivity index (χ0) is 5.40. The highest BCUT2D eigenvalue weighted by molar-refractivity contribution is 4.89. The first kappa shape index (κ1) is 4.77. The molecule has 0 spiro atoms. The van der Waals surface area contributed by atoms with Crippen molar-refractivity contribution < 1.29 is 0 Å². The minimum absolute atomic E-state index is 0.667. The monoisotopic (exact) mass is 111 g/mol. The van der Waals surface area contributed by atoms with Gasteiger partial charge in [-0.1, -0.05) is 0 Å². The van der Waals surface area contributed by atoms with E-state index in [1.807, 2.05) is 0 Å². The van der Waals surface area contributed by atoms with Gasteiger partial charge < -0.3 is 5.32 Å². The van der Waals surface area contributed by atoms with Crippen LogP contribution in [0.25, 0.3) is 0 Å². The van der Waals surface area contributed by atoms with E-state index < -0.39 is 0 Å². The summed E-state index contributed by atoms with van der Waals surface area (Å²) < 4.78 is 0. The van der Waals surface area contributed by atoms with Crippen molar-refractivity contribution in [3.63, 3.8) is 0 Å². The molecule has 8 heavy (non-hydrogen) atoms. The Morgan fingerprint density at radius 3 is 2.50 bits per heavy atom. The summed E-state index contributed by atoms with van der Waals surface area (Å²) in [6.45, 7) is 2.22. The summed E-state index contributed by atoms with van der Waals surface area (Å²) in [6, 6.07) is 1.40. The van der Waals surface area contributed by atoms with Gasteiger partial charge in [-0.15, -0.1) is 0 Å². The zero-order valence-electron chi connectivity index (χ0n) is 4.93. The molecule has 3 aliphatic heterocycles. The molecule has 2 unspecified atom stereocenters. The molecule has 45 valence electrons. The van der Waals surface area contributed by atoms with Crippen molar-refractivity contribution in [3.8, 4) is 0 Å². The Labute approximate surface area is 49.7 Å². The SMILES string of the molecule is C1CC2C[N]C1CN2. The van der Waals surface area contributed by atoms with Crippen LogP contribution < -0.4 is 10.6 Å². The number of rotatable bonds is 0. The second-order valence-electron chi connectivity index (χ2n) is 2.70. The third kappa shape index (κ3) is 0.644. The highest BCUT2D eigenvalue weighted by atomic mass is 15.1. The summed E-state index contributed by atoms with van der Waals surface area (Å²) in [5.41, 5.74) is 0. The number of nitrogens with one attached hydrogen (secondary N) is 1. The first-order valence-electron chi connectivity index (χ1n) is 3.35. The number of hydrogen-bond acceptors (Lipinski definition) is 1. The van der Waals surface area contributed by atoms with E-state index in [1.54, 1.807) is 0 Å². The van der Waals surface area contributed by atoms with Crippen LogP contribution in [0.5, 0.6) is 0 Å². The average Bonchev–Trinajstić information content (AvgIpc) is 1.92. The van der Waals surface area contributed by atoms with E-state index in [9.17, 15) is 0 Å². The molecule has 0 aromatic heterocycles. The van der Waals surface area contributed by atoms with Crippen LogP contribution >= 0.6 is 0 Å². The van der Waals surface area contributed by atoms with Crippen molar-refractivity contribution in [2.24, 2.45) is 0 Å². The van der Waals surface area contributed by atoms with Gasteiger partial charge in [0.05, 0.1) is 0 Å². The van der Waals surface area contributed by atoms with Crippen LogP contribution in [-0.2, 0) is 0 Å². The Hall–Kier alpha value is -0.0800. The molecule has 1 N–H and O–H groups in total. The van der Waals surface area contributed by atoms with Gasteiger partial charge in [-0.3, -0.25) is 0 Å².